The second-order valence-corrected chi connectivity index (χ2v) is 15.5. The Kier molecular flexibility index (Phi) is 4.20. The lowest BCUT2D eigenvalue weighted by atomic mass is 9.44. The number of hydrogen-bond acceptors (Lipinski definition) is 5. The molecular weight excluding hydrogens is 440 g/mol. The third-order valence-electron chi connectivity index (χ3n) is 13.5. The molecule has 196 valence electrons. The van der Waals surface area contributed by atoms with Crippen LogP contribution in [0, 0.1) is 44.8 Å². The number of fused-ring (bicyclic) bond motifs is 4. The van der Waals surface area contributed by atoms with Crippen LogP contribution in [0.25, 0.3) is 0 Å². The molecule has 2 saturated heterocycles. The molecule has 0 unspecified atom stereocenters. The second kappa shape index (κ2) is 6.22. The number of ether oxygens (including phenoxy) is 2. The average Bonchev–Trinajstić information content (AvgIpc) is 3.28. The molecule has 4 saturated carbocycles. The number of aliphatic hydroxyl groups excluding tert-OH is 2. The maximum atomic E-state index is 12.4. The third kappa shape index (κ3) is 2.26. The van der Waals surface area contributed by atoms with Gasteiger partial charge < -0.3 is 24.8 Å². The van der Waals surface area contributed by atoms with Gasteiger partial charge in [-0.2, -0.15) is 0 Å². The molecule has 6 fully saturated rings. The van der Waals surface area contributed by atoms with Gasteiger partial charge in [-0.1, -0.05) is 46.3 Å². The van der Waals surface area contributed by atoms with Crippen LogP contribution in [0.2, 0.25) is 0 Å². The van der Waals surface area contributed by atoms with E-state index in [0.717, 1.165) is 38.5 Å². The molecule has 0 aromatic heterocycles. The zero-order chi connectivity index (χ0) is 25.2. The summed E-state index contributed by atoms with van der Waals surface area (Å²) in [5, 5.41) is 34.3. The summed E-state index contributed by atoms with van der Waals surface area (Å²) in [6.45, 7) is 15.2. The van der Waals surface area contributed by atoms with Crippen molar-refractivity contribution in [3.63, 3.8) is 0 Å². The molecule has 3 N–H and O–H groups in total. The van der Waals surface area contributed by atoms with E-state index in [9.17, 15) is 15.3 Å². The van der Waals surface area contributed by atoms with E-state index >= 15 is 0 Å². The van der Waals surface area contributed by atoms with Crippen LogP contribution in [-0.2, 0) is 9.47 Å². The highest BCUT2D eigenvalue weighted by molar-refractivity contribution is 5.48. The summed E-state index contributed by atoms with van der Waals surface area (Å²) in [7, 11) is 0. The summed E-state index contributed by atoms with van der Waals surface area (Å²) in [5.74, 6) is -0.111. The molecule has 3 spiro atoms. The number of allylic oxidation sites excluding steroid dienone is 1. The lowest BCUT2D eigenvalue weighted by Crippen LogP contribution is -2.55. The first-order chi connectivity index (χ1) is 16.1. The smallest absolute Gasteiger partial charge is 0.199 e. The van der Waals surface area contributed by atoms with E-state index in [1.54, 1.807) is 0 Å². The van der Waals surface area contributed by atoms with Crippen molar-refractivity contribution >= 4 is 0 Å². The molecule has 0 aromatic carbocycles. The highest BCUT2D eigenvalue weighted by atomic mass is 16.8. The first-order valence-corrected chi connectivity index (χ1v) is 14.3. The Labute approximate surface area is 210 Å². The minimum absolute atomic E-state index is 0.0776. The van der Waals surface area contributed by atoms with Gasteiger partial charge in [0, 0.05) is 11.3 Å². The summed E-state index contributed by atoms with van der Waals surface area (Å²) in [6.07, 6.45) is 8.17. The van der Waals surface area contributed by atoms with Crippen LogP contribution in [-0.4, -0.2) is 51.1 Å². The molecule has 0 radical (unpaired) electrons. The molecule has 0 aromatic rings. The fourth-order valence-electron chi connectivity index (χ4n) is 11.8. The Balaban J connectivity index is 1.37. The largest absolute Gasteiger partial charge is 0.393 e. The number of hydrogen-bond donors (Lipinski definition) is 3. The van der Waals surface area contributed by atoms with Crippen LogP contribution < -0.4 is 0 Å². The Morgan fingerprint density at radius 3 is 2.43 bits per heavy atom. The van der Waals surface area contributed by atoms with E-state index in [1.165, 1.54) is 12.0 Å². The third-order valence-corrected chi connectivity index (χ3v) is 13.5. The minimum atomic E-state index is -1.05. The predicted molar refractivity (Wildman–Crippen MR) is 132 cm³/mol. The van der Waals surface area contributed by atoms with Gasteiger partial charge in [0.15, 0.2) is 5.79 Å². The van der Waals surface area contributed by atoms with E-state index in [2.05, 4.69) is 40.7 Å². The average molecular weight is 487 g/mol. The maximum absolute atomic E-state index is 12.4. The number of aliphatic hydroxyl groups is 3. The van der Waals surface area contributed by atoms with E-state index in [1.807, 2.05) is 13.8 Å². The van der Waals surface area contributed by atoms with Crippen LogP contribution in [0.1, 0.15) is 93.4 Å². The van der Waals surface area contributed by atoms with Crippen molar-refractivity contribution in [3.05, 3.63) is 11.6 Å². The Morgan fingerprint density at radius 1 is 1.03 bits per heavy atom. The van der Waals surface area contributed by atoms with Gasteiger partial charge in [0.25, 0.3) is 0 Å². The van der Waals surface area contributed by atoms with Gasteiger partial charge >= 0.3 is 0 Å². The van der Waals surface area contributed by atoms with Crippen LogP contribution in [0.3, 0.4) is 0 Å². The molecule has 2 heterocycles. The van der Waals surface area contributed by atoms with Gasteiger partial charge in [-0.05, 0) is 92.3 Å². The van der Waals surface area contributed by atoms with Crippen molar-refractivity contribution in [3.8, 4) is 0 Å². The molecule has 12 atom stereocenters. The zero-order valence-corrected chi connectivity index (χ0v) is 22.7. The molecular formula is C30H46O5. The highest BCUT2D eigenvalue weighted by Gasteiger charge is 2.86. The number of rotatable bonds is 1. The molecule has 7 aliphatic rings. The molecule has 5 aliphatic carbocycles. The van der Waals surface area contributed by atoms with Gasteiger partial charge in [0.05, 0.1) is 17.8 Å². The van der Waals surface area contributed by atoms with E-state index < -0.39 is 29.0 Å². The second-order valence-electron chi connectivity index (χ2n) is 15.5. The topological polar surface area (TPSA) is 79.2 Å². The van der Waals surface area contributed by atoms with E-state index in [-0.39, 0.29) is 39.8 Å². The quantitative estimate of drug-likeness (QED) is 0.473. The monoisotopic (exact) mass is 486 g/mol. The highest BCUT2D eigenvalue weighted by Crippen LogP contribution is 2.89. The van der Waals surface area contributed by atoms with Crippen molar-refractivity contribution in [2.45, 2.75) is 129 Å². The first-order valence-electron chi connectivity index (χ1n) is 14.3. The fraction of sp³-hybridized carbons (Fsp3) is 0.933. The predicted octanol–water partition coefficient (Wildman–Crippen LogP) is 4.58. The summed E-state index contributed by atoms with van der Waals surface area (Å²) in [6, 6.07) is 0. The molecule has 0 amide bonds. The normalized spacial score (nSPS) is 61.7. The van der Waals surface area contributed by atoms with Gasteiger partial charge in [0.2, 0.25) is 0 Å². The molecule has 5 heteroatoms. The first kappa shape index (κ1) is 23.6. The Morgan fingerprint density at radius 2 is 1.74 bits per heavy atom. The van der Waals surface area contributed by atoms with Crippen LogP contribution >= 0.6 is 0 Å². The lowest BCUT2D eigenvalue weighted by molar-refractivity contribution is -0.279. The molecule has 35 heavy (non-hydrogen) atoms. The van der Waals surface area contributed by atoms with Gasteiger partial charge in [0.1, 0.15) is 12.2 Å². The van der Waals surface area contributed by atoms with Crippen molar-refractivity contribution in [1.29, 1.82) is 0 Å². The minimum Gasteiger partial charge on any atom is -0.393 e. The Bertz CT molecular complexity index is 1010. The summed E-state index contributed by atoms with van der Waals surface area (Å²) in [5.41, 5.74) is 0.212. The van der Waals surface area contributed by atoms with E-state index in [0.29, 0.717) is 11.8 Å². The summed E-state index contributed by atoms with van der Waals surface area (Å²) in [4.78, 5) is 0. The van der Waals surface area contributed by atoms with Gasteiger partial charge in [-0.15, -0.1) is 0 Å². The van der Waals surface area contributed by atoms with Crippen LogP contribution in [0.15, 0.2) is 11.6 Å². The van der Waals surface area contributed by atoms with Crippen LogP contribution in [0.5, 0.6) is 0 Å². The molecule has 7 rings (SSSR count). The standard InChI is InChI=1S/C30H46O5/c1-16-14-17-22(25(4,5)33)35-30(34-17)21(16)26(6)12-13-29-15-28(29)11-10-20(31)24(2,3)18(28)8-9-19(29)27(26,7)23(30)32/h9,16-18,20-23,31-33H,8,10-15H2,1-7H3/t16-,17-,18+,20+,21-,22+,23-,26-,27-,28-,29+,30+/m1/s1. The SMILES string of the molecule is C[C@@H]1C[C@H]2O[C@]3(O[C@@H]2C(C)(C)O)[C@H]1[C@@]1(C)CC[C@@]24C[C@@]25CC[C@H](O)C(C)(C)[C@@H]5CC=C4[C@]1(C)[C@H]3O. The summed E-state index contributed by atoms with van der Waals surface area (Å²) < 4.78 is 13.5. The van der Waals surface area contributed by atoms with Crippen molar-refractivity contribution < 1.29 is 24.8 Å². The van der Waals surface area contributed by atoms with Gasteiger partial charge in [-0.3, -0.25) is 0 Å². The van der Waals surface area contributed by atoms with E-state index in [4.69, 9.17) is 9.47 Å². The van der Waals surface area contributed by atoms with Crippen molar-refractivity contribution in [1.82, 2.24) is 0 Å². The van der Waals surface area contributed by atoms with Crippen molar-refractivity contribution in [2.24, 2.45) is 44.8 Å². The summed E-state index contributed by atoms with van der Waals surface area (Å²) >= 11 is 0. The van der Waals surface area contributed by atoms with Gasteiger partial charge in [-0.25, -0.2) is 0 Å². The maximum Gasteiger partial charge on any atom is 0.199 e. The van der Waals surface area contributed by atoms with Crippen LogP contribution in [0.4, 0.5) is 0 Å². The molecule has 2 bridgehead atoms. The fourth-order valence-corrected chi connectivity index (χ4v) is 11.8. The lowest BCUT2D eigenvalue weighted by Gasteiger charge is -2.59. The Hall–Kier alpha value is -0.460. The molecule has 2 aliphatic heterocycles. The van der Waals surface area contributed by atoms with Crippen molar-refractivity contribution in [2.75, 3.05) is 0 Å². The molecule has 5 nitrogen and oxygen atoms in total. The zero-order valence-electron chi connectivity index (χ0n) is 22.7.